The highest BCUT2D eigenvalue weighted by molar-refractivity contribution is 5.91. The zero-order chi connectivity index (χ0) is 20.2. The number of amides is 2. The number of nitrogens with zero attached hydrogens (tertiary/aromatic N) is 4. The van der Waals surface area contributed by atoms with Gasteiger partial charge in [-0.25, -0.2) is 0 Å². The van der Waals surface area contributed by atoms with Gasteiger partial charge in [0.05, 0.1) is 24.4 Å². The van der Waals surface area contributed by atoms with E-state index in [9.17, 15) is 9.59 Å². The molecule has 2 atom stereocenters. The minimum Gasteiger partial charge on any atom is -0.459 e. The second-order valence-corrected chi connectivity index (χ2v) is 7.25. The van der Waals surface area contributed by atoms with Gasteiger partial charge in [0.15, 0.2) is 5.76 Å². The number of aromatic nitrogens is 3. The molecule has 8 heteroatoms. The molecular weight excluding hydrogens is 370 g/mol. The molecule has 1 aliphatic rings. The molecule has 2 aromatic heterocycles. The highest BCUT2D eigenvalue weighted by atomic mass is 16.3. The summed E-state index contributed by atoms with van der Waals surface area (Å²) in [6, 6.07) is 13.1. The Kier molecular flexibility index (Phi) is 5.41. The maximum atomic E-state index is 13.0. The van der Waals surface area contributed by atoms with E-state index in [2.05, 4.69) is 15.6 Å². The van der Waals surface area contributed by atoms with Crippen LogP contribution in [0.3, 0.4) is 0 Å². The molecule has 1 aromatic carbocycles. The van der Waals surface area contributed by atoms with Gasteiger partial charge in [0.2, 0.25) is 5.91 Å². The first-order valence-electron chi connectivity index (χ1n) is 9.64. The van der Waals surface area contributed by atoms with Crippen molar-refractivity contribution in [2.75, 3.05) is 6.54 Å². The number of carbonyl (C=O) groups excluding carboxylic acids is 2. The molecule has 8 nitrogen and oxygen atoms in total. The monoisotopic (exact) mass is 393 g/mol. The average molecular weight is 393 g/mol. The number of furan rings is 1. The Balaban J connectivity index is 1.50. The van der Waals surface area contributed by atoms with E-state index in [0.29, 0.717) is 30.8 Å². The molecule has 1 saturated heterocycles. The summed E-state index contributed by atoms with van der Waals surface area (Å²) in [4.78, 5) is 27.3. The van der Waals surface area contributed by atoms with E-state index in [1.54, 1.807) is 30.1 Å². The zero-order valence-electron chi connectivity index (χ0n) is 16.2. The van der Waals surface area contributed by atoms with Crippen molar-refractivity contribution in [1.82, 2.24) is 25.2 Å². The van der Waals surface area contributed by atoms with Crippen LogP contribution < -0.4 is 5.32 Å². The summed E-state index contributed by atoms with van der Waals surface area (Å²) in [5, 5.41) is 11.0. The number of hydrogen-bond donors (Lipinski definition) is 1. The topological polar surface area (TPSA) is 93.3 Å². The van der Waals surface area contributed by atoms with E-state index < -0.39 is 0 Å². The van der Waals surface area contributed by atoms with Gasteiger partial charge in [0.1, 0.15) is 0 Å². The van der Waals surface area contributed by atoms with Crippen molar-refractivity contribution >= 4 is 11.8 Å². The highest BCUT2D eigenvalue weighted by Crippen LogP contribution is 2.31. The van der Waals surface area contributed by atoms with Crippen molar-refractivity contribution < 1.29 is 14.0 Å². The van der Waals surface area contributed by atoms with Crippen LogP contribution in [-0.4, -0.2) is 44.3 Å². The first-order chi connectivity index (χ1) is 14.1. The molecule has 2 amide bonds. The Morgan fingerprint density at radius 3 is 2.72 bits per heavy atom. The van der Waals surface area contributed by atoms with Crippen molar-refractivity contribution in [3.8, 4) is 0 Å². The van der Waals surface area contributed by atoms with E-state index in [-0.39, 0.29) is 30.3 Å². The van der Waals surface area contributed by atoms with Crippen LogP contribution in [0.5, 0.6) is 0 Å². The van der Waals surface area contributed by atoms with Crippen LogP contribution in [0.4, 0.5) is 0 Å². The summed E-state index contributed by atoms with van der Waals surface area (Å²) in [6.07, 6.45) is 4.77. The van der Waals surface area contributed by atoms with Gasteiger partial charge < -0.3 is 14.6 Å². The molecule has 1 N–H and O–H groups in total. The van der Waals surface area contributed by atoms with Crippen molar-refractivity contribution in [1.29, 1.82) is 0 Å². The molecule has 0 saturated carbocycles. The van der Waals surface area contributed by atoms with Gasteiger partial charge >= 0.3 is 0 Å². The molecule has 0 unspecified atom stereocenters. The Morgan fingerprint density at radius 1 is 1.21 bits per heavy atom. The number of benzene rings is 1. The zero-order valence-corrected chi connectivity index (χ0v) is 16.2. The predicted octanol–water partition coefficient (Wildman–Crippen LogP) is 2.11. The van der Waals surface area contributed by atoms with Crippen molar-refractivity contribution in [2.24, 2.45) is 7.05 Å². The van der Waals surface area contributed by atoms with E-state index in [1.165, 1.54) is 6.26 Å². The van der Waals surface area contributed by atoms with Gasteiger partial charge in [0, 0.05) is 25.8 Å². The van der Waals surface area contributed by atoms with Gasteiger partial charge in [-0.2, -0.15) is 0 Å². The van der Waals surface area contributed by atoms with Crippen LogP contribution in [0, 0.1) is 0 Å². The van der Waals surface area contributed by atoms with Crippen LogP contribution in [0.25, 0.3) is 0 Å². The number of carbonyl (C=O) groups is 2. The normalized spacial score (nSPS) is 19.1. The van der Waals surface area contributed by atoms with Crippen molar-refractivity contribution in [2.45, 2.75) is 31.3 Å². The second kappa shape index (κ2) is 8.30. The molecule has 0 bridgehead atoms. The molecule has 3 aromatic rings. The van der Waals surface area contributed by atoms with Crippen LogP contribution in [0.2, 0.25) is 0 Å². The average Bonchev–Trinajstić information content (AvgIpc) is 3.40. The van der Waals surface area contributed by atoms with E-state index in [1.807, 2.05) is 35.2 Å². The lowest BCUT2D eigenvalue weighted by Gasteiger charge is -2.40. The maximum Gasteiger partial charge on any atom is 0.287 e. The van der Waals surface area contributed by atoms with Crippen LogP contribution in [0.1, 0.15) is 40.7 Å². The van der Waals surface area contributed by atoms with Gasteiger partial charge in [0.25, 0.3) is 5.91 Å². The standard InChI is InChI=1S/C21H23N5O3/c1-25-14-17(23-24-25)13-20(27)26-10-9-16(22-21(28)19-8-5-11-29-19)12-18(26)15-6-3-2-4-7-15/h2-8,11,14,16,18H,9-10,12-13H2,1H3,(H,22,28)/t16-,18-/m0/s1. The fraction of sp³-hybridized carbons (Fsp3) is 0.333. The summed E-state index contributed by atoms with van der Waals surface area (Å²) in [5.74, 6) is 0.0729. The molecule has 1 fully saturated rings. The third kappa shape index (κ3) is 4.37. The number of likely N-dealkylation sites (tertiary alicyclic amines) is 1. The smallest absolute Gasteiger partial charge is 0.287 e. The van der Waals surface area contributed by atoms with Gasteiger partial charge in [-0.3, -0.25) is 14.3 Å². The van der Waals surface area contributed by atoms with Crippen molar-refractivity contribution in [3.05, 3.63) is 71.9 Å². The fourth-order valence-corrected chi connectivity index (χ4v) is 3.78. The first kappa shape index (κ1) is 18.9. The molecule has 0 aliphatic carbocycles. The maximum absolute atomic E-state index is 13.0. The van der Waals surface area contributed by atoms with Crippen LogP contribution in [0.15, 0.2) is 59.3 Å². The van der Waals surface area contributed by atoms with Gasteiger partial charge in [-0.05, 0) is 30.5 Å². The highest BCUT2D eigenvalue weighted by Gasteiger charge is 2.33. The fourth-order valence-electron chi connectivity index (χ4n) is 3.78. The van der Waals surface area contributed by atoms with Crippen molar-refractivity contribution in [3.63, 3.8) is 0 Å². The molecule has 150 valence electrons. The molecule has 0 radical (unpaired) electrons. The summed E-state index contributed by atoms with van der Waals surface area (Å²) in [7, 11) is 1.78. The Labute approximate surface area is 168 Å². The summed E-state index contributed by atoms with van der Waals surface area (Å²) < 4.78 is 6.78. The van der Waals surface area contributed by atoms with Crippen LogP contribution in [-0.2, 0) is 18.3 Å². The van der Waals surface area contributed by atoms with E-state index in [4.69, 9.17) is 4.42 Å². The van der Waals surface area contributed by atoms with Gasteiger partial charge in [-0.15, -0.1) is 5.10 Å². The molecule has 4 rings (SSSR count). The number of hydrogen-bond acceptors (Lipinski definition) is 5. The molecular formula is C21H23N5O3. The number of aryl methyl sites for hydroxylation is 1. The number of piperidine rings is 1. The lowest BCUT2D eigenvalue weighted by molar-refractivity contribution is -0.134. The number of rotatable bonds is 5. The summed E-state index contributed by atoms with van der Waals surface area (Å²) in [5.41, 5.74) is 1.70. The largest absolute Gasteiger partial charge is 0.459 e. The molecule has 0 spiro atoms. The Hall–Kier alpha value is -3.42. The minimum atomic E-state index is -0.230. The molecule has 29 heavy (non-hydrogen) atoms. The lowest BCUT2D eigenvalue weighted by Crippen LogP contribution is -2.48. The lowest BCUT2D eigenvalue weighted by atomic mass is 9.91. The summed E-state index contributed by atoms with van der Waals surface area (Å²) >= 11 is 0. The Morgan fingerprint density at radius 2 is 2.03 bits per heavy atom. The van der Waals surface area contributed by atoms with E-state index >= 15 is 0 Å². The quantitative estimate of drug-likeness (QED) is 0.717. The van der Waals surface area contributed by atoms with E-state index in [0.717, 1.165) is 5.56 Å². The second-order valence-electron chi connectivity index (χ2n) is 7.25. The first-order valence-corrected chi connectivity index (χ1v) is 9.64. The molecule has 1 aliphatic heterocycles. The van der Waals surface area contributed by atoms with Gasteiger partial charge in [-0.1, -0.05) is 35.5 Å². The molecule has 3 heterocycles. The third-order valence-electron chi connectivity index (χ3n) is 5.17. The van der Waals surface area contributed by atoms with Crippen LogP contribution >= 0.6 is 0 Å². The minimum absolute atomic E-state index is 0.00941. The Bertz CT molecular complexity index is 967. The SMILES string of the molecule is Cn1cc(CC(=O)N2CC[C@H](NC(=O)c3ccco3)C[C@H]2c2ccccc2)nn1. The summed E-state index contributed by atoms with van der Waals surface area (Å²) in [6.45, 7) is 0.557. The number of nitrogens with one attached hydrogen (secondary N) is 1. The predicted molar refractivity (Wildman–Crippen MR) is 105 cm³/mol. The third-order valence-corrected chi connectivity index (χ3v) is 5.17.